The number of nitrogens with zero attached hydrogens (tertiary/aromatic N) is 3. The first-order valence-electron chi connectivity index (χ1n) is 6.58. The van der Waals surface area contributed by atoms with E-state index in [0.29, 0.717) is 27.5 Å². The molecule has 0 saturated carbocycles. The average Bonchev–Trinajstić information content (AvgIpc) is 3.02. The van der Waals surface area contributed by atoms with Gasteiger partial charge in [-0.1, -0.05) is 47.6 Å². The monoisotopic (exact) mass is 347 g/mol. The Morgan fingerprint density at radius 2 is 2.00 bits per heavy atom. The van der Waals surface area contributed by atoms with Gasteiger partial charge in [0.1, 0.15) is 0 Å². The number of halogens is 1. The maximum Gasteiger partial charge on any atom is 0.277 e. The highest BCUT2D eigenvalue weighted by molar-refractivity contribution is 7.98. The first-order valence-corrected chi connectivity index (χ1v) is 7.94. The van der Waals surface area contributed by atoms with E-state index in [1.54, 1.807) is 36.4 Å². The van der Waals surface area contributed by atoms with Crippen LogP contribution < -0.4 is 0 Å². The van der Waals surface area contributed by atoms with E-state index < -0.39 is 4.92 Å². The molecule has 116 valence electrons. The third-order valence-corrected chi connectivity index (χ3v) is 4.12. The lowest BCUT2D eigenvalue weighted by molar-refractivity contribution is -0.385. The summed E-state index contributed by atoms with van der Waals surface area (Å²) >= 11 is 7.18. The van der Waals surface area contributed by atoms with Gasteiger partial charge in [0.15, 0.2) is 0 Å². The van der Waals surface area contributed by atoms with Crippen LogP contribution in [-0.2, 0) is 5.75 Å². The highest BCUT2D eigenvalue weighted by Gasteiger charge is 2.15. The smallest absolute Gasteiger partial charge is 0.277 e. The number of thioether (sulfide) groups is 1. The van der Waals surface area contributed by atoms with Crippen molar-refractivity contribution in [3.05, 3.63) is 69.2 Å². The second-order valence-electron chi connectivity index (χ2n) is 4.56. The Labute approximate surface area is 140 Å². The summed E-state index contributed by atoms with van der Waals surface area (Å²) in [5.74, 6) is 0.728. The maximum atomic E-state index is 11.0. The second kappa shape index (κ2) is 6.80. The third-order valence-electron chi connectivity index (χ3n) is 3.02. The molecule has 23 heavy (non-hydrogen) atoms. The van der Waals surface area contributed by atoms with Crippen LogP contribution in [0.2, 0.25) is 5.02 Å². The van der Waals surface area contributed by atoms with Crippen molar-refractivity contribution in [2.24, 2.45) is 0 Å². The zero-order chi connectivity index (χ0) is 16.2. The fourth-order valence-corrected chi connectivity index (χ4v) is 2.91. The minimum Gasteiger partial charge on any atom is -0.411 e. The highest BCUT2D eigenvalue weighted by Crippen LogP contribution is 2.29. The van der Waals surface area contributed by atoms with Gasteiger partial charge in [-0.05, 0) is 18.2 Å². The van der Waals surface area contributed by atoms with Crippen molar-refractivity contribution in [3.63, 3.8) is 0 Å². The highest BCUT2D eigenvalue weighted by atomic mass is 35.5. The van der Waals surface area contributed by atoms with Crippen molar-refractivity contribution in [1.29, 1.82) is 0 Å². The molecule has 3 aromatic rings. The molecule has 0 aliphatic carbocycles. The number of nitro benzene ring substituents is 1. The molecule has 2 aromatic carbocycles. The molecule has 6 nitrogen and oxygen atoms in total. The zero-order valence-corrected chi connectivity index (χ0v) is 13.3. The van der Waals surface area contributed by atoms with Crippen molar-refractivity contribution in [1.82, 2.24) is 10.2 Å². The lowest BCUT2D eigenvalue weighted by Gasteiger charge is -2.00. The summed E-state index contributed by atoms with van der Waals surface area (Å²) in [7, 11) is 0. The Balaban J connectivity index is 1.74. The van der Waals surface area contributed by atoms with E-state index in [1.807, 2.05) is 6.07 Å². The molecule has 0 aliphatic rings. The molecular formula is C15H10ClN3O3S. The van der Waals surface area contributed by atoms with Crippen LogP contribution in [0.25, 0.3) is 11.5 Å². The predicted octanol–water partition coefficient (Wildman–Crippen LogP) is 4.59. The lowest BCUT2D eigenvalue weighted by Crippen LogP contribution is -1.93. The van der Waals surface area contributed by atoms with Crippen molar-refractivity contribution in [2.45, 2.75) is 11.0 Å². The van der Waals surface area contributed by atoms with E-state index in [1.165, 1.54) is 17.8 Å². The molecule has 0 N–H and O–H groups in total. The zero-order valence-electron chi connectivity index (χ0n) is 11.7. The van der Waals surface area contributed by atoms with E-state index in [2.05, 4.69) is 10.2 Å². The Hall–Kier alpha value is -2.38. The van der Waals surface area contributed by atoms with Gasteiger partial charge in [-0.3, -0.25) is 10.1 Å². The van der Waals surface area contributed by atoms with Crippen LogP contribution in [0.1, 0.15) is 5.56 Å². The summed E-state index contributed by atoms with van der Waals surface area (Å²) < 4.78 is 5.56. The molecule has 0 aliphatic heterocycles. The molecular weight excluding hydrogens is 338 g/mol. The topological polar surface area (TPSA) is 82.1 Å². The van der Waals surface area contributed by atoms with Gasteiger partial charge < -0.3 is 4.42 Å². The van der Waals surface area contributed by atoms with Gasteiger partial charge in [-0.2, -0.15) is 0 Å². The van der Waals surface area contributed by atoms with Gasteiger partial charge in [-0.15, -0.1) is 10.2 Å². The van der Waals surface area contributed by atoms with Crippen LogP contribution in [0, 0.1) is 10.1 Å². The average molecular weight is 348 g/mol. The fourth-order valence-electron chi connectivity index (χ4n) is 1.96. The standard InChI is InChI=1S/C15H10ClN3O3S/c16-12-6-3-5-10(8-12)14-17-18-15(22-14)23-9-11-4-1-2-7-13(11)19(20)21/h1-8H,9H2. The van der Waals surface area contributed by atoms with Crippen molar-refractivity contribution >= 4 is 29.1 Å². The summed E-state index contributed by atoms with van der Waals surface area (Å²) in [6.45, 7) is 0. The summed E-state index contributed by atoms with van der Waals surface area (Å²) in [6, 6.07) is 13.7. The minimum absolute atomic E-state index is 0.0783. The van der Waals surface area contributed by atoms with Gasteiger partial charge in [0.25, 0.3) is 10.9 Å². The Morgan fingerprint density at radius 3 is 2.78 bits per heavy atom. The lowest BCUT2D eigenvalue weighted by atomic mass is 10.2. The van der Waals surface area contributed by atoms with E-state index >= 15 is 0 Å². The number of para-hydroxylation sites is 1. The molecule has 0 unspecified atom stereocenters. The van der Waals surface area contributed by atoms with Crippen LogP contribution in [0.15, 0.2) is 58.2 Å². The first-order chi connectivity index (χ1) is 11.1. The molecule has 8 heteroatoms. The summed E-state index contributed by atoms with van der Waals surface area (Å²) in [5, 5.41) is 19.8. The first kappa shape index (κ1) is 15.5. The van der Waals surface area contributed by atoms with Crippen LogP contribution in [0.5, 0.6) is 0 Å². The van der Waals surface area contributed by atoms with Crippen LogP contribution in [0.4, 0.5) is 5.69 Å². The van der Waals surface area contributed by atoms with E-state index in [9.17, 15) is 10.1 Å². The predicted molar refractivity (Wildman–Crippen MR) is 87.4 cm³/mol. The normalized spacial score (nSPS) is 10.7. The number of benzene rings is 2. The summed E-state index contributed by atoms with van der Waals surface area (Å²) in [5.41, 5.74) is 1.40. The molecule has 3 rings (SSSR count). The SMILES string of the molecule is O=[N+]([O-])c1ccccc1CSc1nnc(-c2cccc(Cl)c2)o1. The number of hydrogen-bond donors (Lipinski definition) is 0. The quantitative estimate of drug-likeness (QED) is 0.381. The molecule has 0 fully saturated rings. The van der Waals surface area contributed by atoms with Crippen molar-refractivity contribution in [2.75, 3.05) is 0 Å². The number of rotatable bonds is 5. The van der Waals surface area contributed by atoms with Crippen molar-refractivity contribution < 1.29 is 9.34 Å². The molecule has 0 amide bonds. The van der Waals surface area contributed by atoms with Gasteiger partial charge in [0.05, 0.1) is 4.92 Å². The second-order valence-corrected chi connectivity index (χ2v) is 5.92. The molecule has 0 spiro atoms. The Morgan fingerprint density at radius 1 is 1.17 bits per heavy atom. The summed E-state index contributed by atoms with van der Waals surface area (Å²) in [6.07, 6.45) is 0. The third kappa shape index (κ3) is 3.69. The van der Waals surface area contributed by atoms with Crippen LogP contribution in [0.3, 0.4) is 0 Å². The largest absolute Gasteiger partial charge is 0.411 e. The summed E-state index contributed by atoms with van der Waals surface area (Å²) in [4.78, 5) is 10.6. The van der Waals surface area contributed by atoms with Crippen molar-refractivity contribution in [3.8, 4) is 11.5 Å². The Kier molecular flexibility index (Phi) is 4.59. The van der Waals surface area contributed by atoms with E-state index in [4.69, 9.17) is 16.0 Å². The van der Waals surface area contributed by atoms with Gasteiger partial charge >= 0.3 is 0 Å². The number of hydrogen-bond acceptors (Lipinski definition) is 6. The Bertz CT molecular complexity index is 853. The molecule has 1 heterocycles. The number of aromatic nitrogens is 2. The molecule has 0 bridgehead atoms. The van der Waals surface area contributed by atoms with Crippen LogP contribution >= 0.6 is 23.4 Å². The van der Waals surface area contributed by atoms with E-state index in [-0.39, 0.29) is 5.69 Å². The van der Waals surface area contributed by atoms with Gasteiger partial charge in [0.2, 0.25) is 5.89 Å². The fraction of sp³-hybridized carbons (Fsp3) is 0.0667. The van der Waals surface area contributed by atoms with Gasteiger partial charge in [-0.25, -0.2) is 0 Å². The molecule has 0 saturated heterocycles. The number of nitro groups is 1. The maximum absolute atomic E-state index is 11.0. The molecule has 1 aromatic heterocycles. The molecule has 0 atom stereocenters. The minimum atomic E-state index is -0.402. The van der Waals surface area contributed by atoms with Gasteiger partial charge in [0, 0.05) is 28.0 Å². The van der Waals surface area contributed by atoms with Crippen LogP contribution in [-0.4, -0.2) is 15.1 Å². The molecule has 0 radical (unpaired) electrons. The van der Waals surface area contributed by atoms with E-state index in [0.717, 1.165) is 5.56 Å².